The standard InChI is InChI=1S/C19H29ClN2O2/c1-3-9-24-18-16(20)10-15(11-17(18)23-4-2)12-22-8-6-19(14-22)5-7-21-13-19/h10-11,21H,3-9,12-14H2,1-2H3. The predicted molar refractivity (Wildman–Crippen MR) is 98.2 cm³/mol. The molecule has 1 aromatic carbocycles. The maximum absolute atomic E-state index is 6.48. The lowest BCUT2D eigenvalue weighted by Gasteiger charge is -2.23. The molecule has 2 fully saturated rings. The lowest BCUT2D eigenvalue weighted by atomic mass is 9.86. The molecule has 134 valence electrons. The largest absolute Gasteiger partial charge is 0.490 e. The number of nitrogens with one attached hydrogen (secondary N) is 1. The van der Waals surface area contributed by atoms with Gasteiger partial charge in [-0.2, -0.15) is 0 Å². The van der Waals surface area contributed by atoms with Crippen LogP contribution in [0.2, 0.25) is 5.02 Å². The van der Waals surface area contributed by atoms with Crippen molar-refractivity contribution in [3.63, 3.8) is 0 Å². The Labute approximate surface area is 150 Å². The van der Waals surface area contributed by atoms with Crippen LogP contribution in [0.4, 0.5) is 0 Å². The molecule has 2 heterocycles. The van der Waals surface area contributed by atoms with Crippen molar-refractivity contribution in [2.45, 2.75) is 39.7 Å². The maximum atomic E-state index is 6.48. The Morgan fingerprint density at radius 3 is 2.83 bits per heavy atom. The minimum absolute atomic E-state index is 0.497. The zero-order chi connectivity index (χ0) is 17.0. The SMILES string of the molecule is CCCOc1c(Cl)cc(CN2CCC3(CCNC3)C2)cc1OCC. The molecule has 0 aliphatic carbocycles. The van der Waals surface area contributed by atoms with Crippen LogP contribution in [0.1, 0.15) is 38.7 Å². The third-order valence-corrected chi connectivity index (χ3v) is 5.36. The summed E-state index contributed by atoms with van der Waals surface area (Å²) in [4.78, 5) is 2.54. The molecule has 4 nitrogen and oxygen atoms in total. The average molecular weight is 353 g/mol. The van der Waals surface area contributed by atoms with Gasteiger partial charge >= 0.3 is 0 Å². The zero-order valence-corrected chi connectivity index (χ0v) is 15.6. The number of hydrogen-bond acceptors (Lipinski definition) is 4. The number of nitrogens with zero attached hydrogens (tertiary/aromatic N) is 1. The van der Waals surface area contributed by atoms with Crippen LogP contribution < -0.4 is 14.8 Å². The van der Waals surface area contributed by atoms with E-state index >= 15 is 0 Å². The van der Waals surface area contributed by atoms with Gasteiger partial charge in [0.1, 0.15) is 0 Å². The molecule has 0 radical (unpaired) electrons. The van der Waals surface area contributed by atoms with Crippen LogP contribution in [0.15, 0.2) is 12.1 Å². The highest BCUT2D eigenvalue weighted by molar-refractivity contribution is 6.32. The van der Waals surface area contributed by atoms with Crippen molar-refractivity contribution in [3.8, 4) is 11.5 Å². The van der Waals surface area contributed by atoms with Crippen molar-refractivity contribution in [2.24, 2.45) is 5.41 Å². The van der Waals surface area contributed by atoms with Gasteiger partial charge < -0.3 is 14.8 Å². The summed E-state index contributed by atoms with van der Waals surface area (Å²) >= 11 is 6.48. The van der Waals surface area contributed by atoms with Gasteiger partial charge in [-0.25, -0.2) is 0 Å². The lowest BCUT2D eigenvalue weighted by Crippen LogP contribution is -2.28. The number of ether oxygens (including phenoxy) is 2. The van der Waals surface area contributed by atoms with Crippen LogP contribution in [0.3, 0.4) is 0 Å². The van der Waals surface area contributed by atoms with E-state index in [0.29, 0.717) is 29.4 Å². The summed E-state index contributed by atoms with van der Waals surface area (Å²) < 4.78 is 11.6. The molecule has 0 aromatic heterocycles. The number of halogens is 1. The van der Waals surface area contributed by atoms with Crippen molar-refractivity contribution in [1.82, 2.24) is 10.2 Å². The molecule has 1 atom stereocenters. The second-order valence-electron chi connectivity index (χ2n) is 7.07. The van der Waals surface area contributed by atoms with Crippen LogP contribution in [-0.2, 0) is 6.54 Å². The van der Waals surface area contributed by atoms with E-state index in [0.717, 1.165) is 38.3 Å². The molecule has 2 aliphatic rings. The highest BCUT2D eigenvalue weighted by atomic mass is 35.5. The number of hydrogen-bond donors (Lipinski definition) is 1. The first kappa shape index (κ1) is 17.8. The van der Waals surface area contributed by atoms with Gasteiger partial charge in [-0.1, -0.05) is 18.5 Å². The third kappa shape index (κ3) is 3.98. The molecule has 1 unspecified atom stereocenters. The summed E-state index contributed by atoms with van der Waals surface area (Å²) in [5.41, 5.74) is 1.70. The van der Waals surface area contributed by atoms with Gasteiger partial charge in [-0.15, -0.1) is 0 Å². The van der Waals surface area contributed by atoms with Gasteiger partial charge in [0.2, 0.25) is 0 Å². The number of benzene rings is 1. The third-order valence-electron chi connectivity index (χ3n) is 5.08. The van der Waals surface area contributed by atoms with Crippen molar-refractivity contribution in [2.75, 3.05) is 39.4 Å². The summed E-state index contributed by atoms with van der Waals surface area (Å²) in [5, 5.41) is 4.17. The first-order chi connectivity index (χ1) is 11.7. The second kappa shape index (κ2) is 7.94. The minimum atomic E-state index is 0.497. The molecule has 3 rings (SSSR count). The van der Waals surface area contributed by atoms with Crippen molar-refractivity contribution >= 4 is 11.6 Å². The lowest BCUT2D eigenvalue weighted by molar-refractivity contribution is 0.265. The molecule has 1 spiro atoms. The van der Waals surface area contributed by atoms with Crippen LogP contribution in [0.25, 0.3) is 0 Å². The van der Waals surface area contributed by atoms with E-state index in [1.54, 1.807) is 0 Å². The fourth-order valence-electron chi connectivity index (χ4n) is 3.88. The summed E-state index contributed by atoms with van der Waals surface area (Å²) in [5.74, 6) is 1.45. The van der Waals surface area contributed by atoms with Crippen molar-refractivity contribution in [3.05, 3.63) is 22.7 Å². The molecule has 1 aromatic rings. The Morgan fingerprint density at radius 1 is 1.25 bits per heavy atom. The van der Waals surface area contributed by atoms with Gasteiger partial charge in [-0.3, -0.25) is 4.90 Å². The zero-order valence-electron chi connectivity index (χ0n) is 14.9. The minimum Gasteiger partial charge on any atom is -0.490 e. The van der Waals surface area contributed by atoms with Gasteiger partial charge in [-0.05, 0) is 62.4 Å². The van der Waals surface area contributed by atoms with Crippen LogP contribution >= 0.6 is 11.6 Å². The summed E-state index contributed by atoms with van der Waals surface area (Å²) in [7, 11) is 0. The normalized spacial score (nSPS) is 24.0. The van der Waals surface area contributed by atoms with E-state index in [-0.39, 0.29) is 0 Å². The molecule has 0 bridgehead atoms. The molecular formula is C19H29ClN2O2. The summed E-state index contributed by atoms with van der Waals surface area (Å²) in [6, 6.07) is 4.13. The smallest absolute Gasteiger partial charge is 0.179 e. The highest BCUT2D eigenvalue weighted by Crippen LogP contribution is 2.39. The van der Waals surface area contributed by atoms with Crippen molar-refractivity contribution in [1.29, 1.82) is 0 Å². The molecule has 1 N–H and O–H groups in total. The second-order valence-corrected chi connectivity index (χ2v) is 7.48. The Bertz CT molecular complexity index is 559. The van der Waals surface area contributed by atoms with E-state index in [1.165, 1.54) is 24.9 Å². The van der Waals surface area contributed by atoms with Gasteiger partial charge in [0.25, 0.3) is 0 Å². The molecule has 0 saturated carbocycles. The Kier molecular flexibility index (Phi) is 5.90. The van der Waals surface area contributed by atoms with Gasteiger partial charge in [0.05, 0.1) is 18.2 Å². The molecule has 2 saturated heterocycles. The molecule has 5 heteroatoms. The number of rotatable bonds is 7. The fourth-order valence-corrected chi connectivity index (χ4v) is 4.17. The Morgan fingerprint density at radius 2 is 2.12 bits per heavy atom. The van der Waals surface area contributed by atoms with Gasteiger partial charge in [0.15, 0.2) is 11.5 Å². The first-order valence-electron chi connectivity index (χ1n) is 9.17. The summed E-state index contributed by atoms with van der Waals surface area (Å²) in [6.07, 6.45) is 3.55. The van der Waals surface area contributed by atoms with E-state index in [4.69, 9.17) is 21.1 Å². The monoisotopic (exact) mass is 352 g/mol. The molecule has 2 aliphatic heterocycles. The van der Waals surface area contributed by atoms with E-state index in [9.17, 15) is 0 Å². The maximum Gasteiger partial charge on any atom is 0.179 e. The van der Waals surface area contributed by atoms with Crippen LogP contribution in [0, 0.1) is 5.41 Å². The van der Waals surface area contributed by atoms with E-state index in [2.05, 4.69) is 23.2 Å². The fraction of sp³-hybridized carbons (Fsp3) is 0.684. The molecule has 24 heavy (non-hydrogen) atoms. The quantitative estimate of drug-likeness (QED) is 0.811. The number of likely N-dealkylation sites (tertiary alicyclic amines) is 1. The molecular weight excluding hydrogens is 324 g/mol. The molecule has 0 amide bonds. The van der Waals surface area contributed by atoms with Crippen LogP contribution in [-0.4, -0.2) is 44.3 Å². The van der Waals surface area contributed by atoms with Gasteiger partial charge in [0, 0.05) is 19.6 Å². The average Bonchev–Trinajstić information content (AvgIpc) is 3.17. The van der Waals surface area contributed by atoms with Crippen molar-refractivity contribution < 1.29 is 9.47 Å². The van der Waals surface area contributed by atoms with E-state index in [1.807, 2.05) is 13.0 Å². The first-order valence-corrected chi connectivity index (χ1v) is 9.55. The van der Waals surface area contributed by atoms with Crippen LogP contribution in [0.5, 0.6) is 11.5 Å². The Hall–Kier alpha value is -0.970. The predicted octanol–water partition coefficient (Wildman–Crippen LogP) is 3.71. The topological polar surface area (TPSA) is 33.7 Å². The highest BCUT2D eigenvalue weighted by Gasteiger charge is 2.40. The Balaban J connectivity index is 1.71. The summed E-state index contributed by atoms with van der Waals surface area (Å²) in [6.45, 7) is 10.9. The van der Waals surface area contributed by atoms with E-state index < -0.39 is 0 Å².